The summed E-state index contributed by atoms with van der Waals surface area (Å²) < 4.78 is 1.65. The van der Waals surface area contributed by atoms with Crippen molar-refractivity contribution in [3.63, 3.8) is 0 Å². The molecule has 0 saturated carbocycles. The smallest absolute Gasteiger partial charge is 0.264 e. The van der Waals surface area contributed by atoms with Crippen LogP contribution in [0.1, 0.15) is 43.2 Å². The lowest BCUT2D eigenvalue weighted by Gasteiger charge is -2.33. The molecule has 0 fully saturated rings. The van der Waals surface area contributed by atoms with E-state index in [0.717, 1.165) is 35.0 Å². The van der Waals surface area contributed by atoms with Crippen LogP contribution in [0, 0.1) is 11.3 Å². The molecule has 0 aliphatic heterocycles. The molecule has 6 heteroatoms. The van der Waals surface area contributed by atoms with Crippen LogP contribution >= 0.6 is 11.3 Å². The predicted molar refractivity (Wildman–Crippen MR) is 112 cm³/mol. The number of rotatable bonds is 3. The number of fused-ring (bicyclic) bond motifs is 3. The summed E-state index contributed by atoms with van der Waals surface area (Å²) in [5, 5.41) is 0.789. The van der Waals surface area contributed by atoms with E-state index in [1.54, 1.807) is 15.9 Å². The average molecular weight is 383 g/mol. The normalized spacial score (nSPS) is 17.1. The molecule has 0 saturated heterocycles. The topological polar surface area (TPSA) is 72.9 Å². The molecule has 0 unspecified atom stereocenters. The maximum atomic E-state index is 13.4. The number of hydrazine groups is 1. The summed E-state index contributed by atoms with van der Waals surface area (Å²) in [5.74, 6) is 6.75. The van der Waals surface area contributed by atoms with Gasteiger partial charge in [-0.25, -0.2) is 10.8 Å². The zero-order valence-corrected chi connectivity index (χ0v) is 16.9. The Morgan fingerprint density at radius 1 is 1.30 bits per heavy atom. The van der Waals surface area contributed by atoms with Crippen LogP contribution in [0.5, 0.6) is 0 Å². The van der Waals surface area contributed by atoms with Crippen LogP contribution in [0.25, 0.3) is 10.2 Å². The van der Waals surface area contributed by atoms with E-state index >= 15 is 0 Å². The molecular formula is C21H26N4OS. The molecular weight excluding hydrogens is 356 g/mol. The number of nitrogen functional groups attached to an aromatic ring is 1. The molecule has 2 heterocycles. The Labute approximate surface area is 163 Å². The van der Waals surface area contributed by atoms with Gasteiger partial charge in [-0.1, -0.05) is 51.1 Å². The molecule has 4 rings (SSSR count). The van der Waals surface area contributed by atoms with E-state index in [4.69, 9.17) is 5.84 Å². The minimum atomic E-state index is 0.00325. The van der Waals surface area contributed by atoms with Crippen molar-refractivity contribution >= 4 is 27.5 Å². The first-order valence-electron chi connectivity index (χ1n) is 9.44. The number of hydrogen-bond donors (Lipinski definition) is 2. The molecule has 1 aliphatic rings. The van der Waals surface area contributed by atoms with Gasteiger partial charge < -0.3 is 0 Å². The first-order chi connectivity index (χ1) is 12.9. The van der Waals surface area contributed by atoms with Crippen LogP contribution in [0.2, 0.25) is 0 Å². The maximum Gasteiger partial charge on any atom is 0.264 e. The minimum absolute atomic E-state index is 0.00325. The molecule has 3 N–H and O–H groups in total. The van der Waals surface area contributed by atoms with Gasteiger partial charge >= 0.3 is 0 Å². The first-order valence-corrected chi connectivity index (χ1v) is 10.3. The Balaban J connectivity index is 1.83. The zero-order chi connectivity index (χ0) is 19.2. The van der Waals surface area contributed by atoms with Crippen molar-refractivity contribution < 1.29 is 0 Å². The molecule has 0 bridgehead atoms. The van der Waals surface area contributed by atoms with Crippen LogP contribution in [0.4, 0.5) is 5.95 Å². The third-order valence-electron chi connectivity index (χ3n) is 5.71. The van der Waals surface area contributed by atoms with Crippen LogP contribution in [0.15, 0.2) is 35.1 Å². The Bertz CT molecular complexity index is 1030. The maximum absolute atomic E-state index is 13.4. The van der Waals surface area contributed by atoms with Crippen molar-refractivity contribution in [2.24, 2.45) is 17.2 Å². The minimum Gasteiger partial charge on any atom is -0.294 e. The van der Waals surface area contributed by atoms with Crippen molar-refractivity contribution in [1.82, 2.24) is 9.55 Å². The lowest BCUT2D eigenvalue weighted by molar-refractivity contribution is 0.218. The molecule has 1 aromatic carbocycles. The predicted octanol–water partition coefficient (Wildman–Crippen LogP) is 3.94. The number of nitrogens with zero attached hydrogens (tertiary/aromatic N) is 2. The number of hydrogen-bond acceptors (Lipinski definition) is 5. The van der Waals surface area contributed by atoms with E-state index in [9.17, 15) is 4.79 Å². The highest BCUT2D eigenvalue weighted by molar-refractivity contribution is 7.18. The second kappa shape index (κ2) is 6.77. The van der Waals surface area contributed by atoms with E-state index in [1.165, 1.54) is 10.4 Å². The summed E-state index contributed by atoms with van der Waals surface area (Å²) in [6, 6.07) is 9.93. The van der Waals surface area contributed by atoms with Crippen molar-refractivity contribution in [3.8, 4) is 0 Å². The monoisotopic (exact) mass is 382 g/mol. The van der Waals surface area contributed by atoms with E-state index in [-0.39, 0.29) is 11.0 Å². The van der Waals surface area contributed by atoms with Crippen molar-refractivity contribution in [3.05, 3.63) is 56.7 Å². The molecule has 1 atom stereocenters. The molecule has 0 radical (unpaired) electrons. The van der Waals surface area contributed by atoms with Crippen LogP contribution in [-0.2, 0) is 19.4 Å². The fourth-order valence-corrected chi connectivity index (χ4v) is 5.31. The number of anilines is 1. The van der Waals surface area contributed by atoms with Gasteiger partial charge in [-0.3, -0.25) is 14.8 Å². The molecule has 1 aliphatic carbocycles. The molecule has 0 spiro atoms. The third-order valence-corrected chi connectivity index (χ3v) is 6.85. The summed E-state index contributed by atoms with van der Waals surface area (Å²) in [4.78, 5) is 20.2. The lowest BCUT2D eigenvalue weighted by Crippen LogP contribution is -2.29. The summed E-state index contributed by atoms with van der Waals surface area (Å²) >= 11 is 1.66. The highest BCUT2D eigenvalue weighted by Gasteiger charge is 2.32. The quantitative estimate of drug-likeness (QED) is 0.531. The van der Waals surface area contributed by atoms with Gasteiger partial charge in [-0.2, -0.15) is 0 Å². The molecule has 0 amide bonds. The van der Waals surface area contributed by atoms with E-state index < -0.39 is 0 Å². The second-order valence-corrected chi connectivity index (χ2v) is 9.53. The Hall–Kier alpha value is -2.18. The molecule has 2 aromatic heterocycles. The summed E-state index contributed by atoms with van der Waals surface area (Å²) in [6.45, 7) is 7.37. The van der Waals surface area contributed by atoms with E-state index in [1.807, 2.05) is 30.3 Å². The van der Waals surface area contributed by atoms with Gasteiger partial charge in [0.2, 0.25) is 5.95 Å². The Morgan fingerprint density at radius 3 is 2.70 bits per heavy atom. The average Bonchev–Trinajstić information content (AvgIpc) is 3.01. The molecule has 5 nitrogen and oxygen atoms in total. The van der Waals surface area contributed by atoms with Gasteiger partial charge in [0.1, 0.15) is 4.83 Å². The summed E-state index contributed by atoms with van der Waals surface area (Å²) in [7, 11) is 0. The van der Waals surface area contributed by atoms with Gasteiger partial charge in [0, 0.05) is 4.88 Å². The van der Waals surface area contributed by atoms with Gasteiger partial charge in [0.05, 0.1) is 11.9 Å². The van der Waals surface area contributed by atoms with Gasteiger partial charge in [0.25, 0.3) is 5.56 Å². The van der Waals surface area contributed by atoms with Gasteiger partial charge in [-0.05, 0) is 41.7 Å². The standard InChI is InChI=1S/C21H26N4OS/c1-21(2,3)14-9-10-15-16(11-14)27-18-17(15)19(26)25(20(23-18)24-22)12-13-7-5-4-6-8-13/h4-8,14H,9-12,22H2,1-3H3,(H,23,24)/t14-/m1/s1. The third kappa shape index (κ3) is 3.28. The number of aromatic nitrogens is 2. The van der Waals surface area contributed by atoms with Crippen LogP contribution in [-0.4, -0.2) is 9.55 Å². The summed E-state index contributed by atoms with van der Waals surface area (Å²) in [6.07, 6.45) is 3.11. The van der Waals surface area contributed by atoms with E-state index in [0.29, 0.717) is 18.4 Å². The highest BCUT2D eigenvalue weighted by atomic mass is 32.1. The lowest BCUT2D eigenvalue weighted by atomic mass is 9.72. The summed E-state index contributed by atoms with van der Waals surface area (Å²) in [5.41, 5.74) is 5.16. The number of benzene rings is 1. The van der Waals surface area contributed by atoms with Crippen LogP contribution in [0.3, 0.4) is 0 Å². The Kier molecular flexibility index (Phi) is 4.56. The Morgan fingerprint density at radius 2 is 2.04 bits per heavy atom. The van der Waals surface area contributed by atoms with Crippen LogP contribution < -0.4 is 16.8 Å². The van der Waals surface area contributed by atoms with E-state index in [2.05, 4.69) is 31.2 Å². The molecule has 27 heavy (non-hydrogen) atoms. The van der Waals surface area contributed by atoms with Crippen molar-refractivity contribution in [2.75, 3.05) is 5.43 Å². The first kappa shape index (κ1) is 18.2. The second-order valence-electron chi connectivity index (χ2n) is 8.45. The molecule has 142 valence electrons. The number of nitrogens with two attached hydrogens (primary N) is 1. The molecule has 3 aromatic rings. The number of nitrogens with one attached hydrogen (secondary N) is 1. The van der Waals surface area contributed by atoms with Crippen molar-refractivity contribution in [2.45, 2.75) is 46.6 Å². The van der Waals surface area contributed by atoms with Gasteiger partial charge in [0.15, 0.2) is 0 Å². The zero-order valence-electron chi connectivity index (χ0n) is 16.1. The largest absolute Gasteiger partial charge is 0.294 e. The number of aryl methyl sites for hydroxylation is 1. The fourth-order valence-electron chi connectivity index (χ4n) is 4.02. The number of thiophene rings is 1. The highest BCUT2D eigenvalue weighted by Crippen LogP contribution is 2.42. The SMILES string of the molecule is CC(C)(C)[C@@H]1CCc2c(sc3nc(NN)n(Cc4ccccc4)c(=O)c23)C1. The fraction of sp³-hybridized carbons (Fsp3) is 0.429. The van der Waals surface area contributed by atoms with Gasteiger partial charge in [-0.15, -0.1) is 11.3 Å². The van der Waals surface area contributed by atoms with Crippen molar-refractivity contribution in [1.29, 1.82) is 0 Å².